The highest BCUT2D eigenvalue weighted by Gasteiger charge is 2.64. The summed E-state index contributed by atoms with van der Waals surface area (Å²) >= 11 is -3.56. The maximum absolute atomic E-state index is 12.9. The summed E-state index contributed by atoms with van der Waals surface area (Å²) in [5.41, 5.74) is 0. The molecule has 1 heterocycles. The molecule has 2 bridgehead atoms. The molecule has 0 aromatic carbocycles. The zero-order valence-corrected chi connectivity index (χ0v) is 11.2. The monoisotopic (exact) mass is 317 g/mol. The Labute approximate surface area is 110 Å². The van der Waals surface area contributed by atoms with E-state index in [0.29, 0.717) is 12.8 Å². The first-order valence-corrected chi connectivity index (χ1v) is 8.28. The molecular weight excluding hydrogens is 306 g/mol. The molecule has 1 aliphatic heterocycles. The number of rotatable bonds is 4. The van der Waals surface area contributed by atoms with Crippen molar-refractivity contribution in [2.24, 2.45) is 11.8 Å². The van der Waals surface area contributed by atoms with Crippen molar-refractivity contribution in [3.8, 4) is 0 Å². The fourth-order valence-electron chi connectivity index (χ4n) is 3.35. The van der Waals surface area contributed by atoms with Crippen molar-refractivity contribution in [1.29, 1.82) is 0 Å². The minimum absolute atomic E-state index is 0.159. The molecule has 3 fully saturated rings. The highest BCUT2D eigenvalue weighted by molar-refractivity contribution is 7.87. The van der Waals surface area contributed by atoms with Crippen LogP contribution in [0.2, 0.25) is 0 Å². The van der Waals surface area contributed by atoms with Crippen LogP contribution >= 0.6 is 0 Å². The van der Waals surface area contributed by atoms with E-state index in [4.69, 9.17) is 8.92 Å². The van der Waals surface area contributed by atoms with E-state index in [2.05, 4.69) is 0 Å². The first-order chi connectivity index (χ1) is 8.72. The normalized spacial score (nSPS) is 44.7. The molecule has 6 nitrogen and oxygen atoms in total. The fourth-order valence-corrected chi connectivity index (χ4v) is 5.40. The highest BCUT2D eigenvalue weighted by Crippen LogP contribution is 2.55. The average Bonchev–Trinajstić information content (AvgIpc) is 2.87. The number of alkyl halides is 2. The van der Waals surface area contributed by atoms with E-state index in [1.54, 1.807) is 0 Å². The smallest absolute Gasteiger partial charge is 0.331 e. The van der Waals surface area contributed by atoms with Gasteiger partial charge >= 0.3 is 5.25 Å². The predicted molar refractivity (Wildman–Crippen MR) is 57.4 cm³/mol. The van der Waals surface area contributed by atoms with Gasteiger partial charge in [-0.25, -0.2) is 0 Å². The van der Waals surface area contributed by atoms with Crippen LogP contribution in [-0.2, 0) is 30.1 Å². The SMILES string of the molecule is O=S([O-])C(F)(F)COC1C2CC3C1OS(=O)(=O)C3C2. The van der Waals surface area contributed by atoms with Gasteiger partial charge in [0.05, 0.1) is 11.4 Å². The van der Waals surface area contributed by atoms with Gasteiger partial charge in [0.15, 0.2) is 0 Å². The molecule has 0 amide bonds. The Hall–Kier alpha value is -0.160. The number of hydrogen-bond acceptors (Lipinski definition) is 6. The first kappa shape index (κ1) is 13.8. The third-order valence-corrected chi connectivity index (χ3v) is 6.48. The molecule has 1 saturated heterocycles. The summed E-state index contributed by atoms with van der Waals surface area (Å²) in [4.78, 5) is 0. The molecule has 0 spiro atoms. The number of halogens is 2. The van der Waals surface area contributed by atoms with Crippen molar-refractivity contribution < 1.29 is 34.9 Å². The lowest BCUT2D eigenvalue weighted by molar-refractivity contribution is -0.0917. The van der Waals surface area contributed by atoms with E-state index in [1.807, 2.05) is 0 Å². The van der Waals surface area contributed by atoms with Crippen LogP contribution in [-0.4, -0.2) is 46.5 Å². The third-order valence-electron chi connectivity index (χ3n) is 4.10. The van der Waals surface area contributed by atoms with Crippen molar-refractivity contribution in [3.63, 3.8) is 0 Å². The summed E-state index contributed by atoms with van der Waals surface area (Å²) in [5, 5.41) is -4.53. The topological polar surface area (TPSA) is 92.7 Å². The Bertz CT molecular complexity index is 521. The molecule has 3 rings (SSSR count). The summed E-state index contributed by atoms with van der Waals surface area (Å²) in [6.07, 6.45) is -0.622. The minimum Gasteiger partial charge on any atom is -0.768 e. The molecule has 2 aliphatic carbocycles. The van der Waals surface area contributed by atoms with Gasteiger partial charge < -0.3 is 9.29 Å². The lowest BCUT2D eigenvalue weighted by atomic mass is 9.94. The van der Waals surface area contributed by atoms with E-state index in [0.717, 1.165) is 0 Å². The summed E-state index contributed by atoms with van der Waals surface area (Å²) in [6, 6.07) is 0. The van der Waals surface area contributed by atoms with Crippen molar-refractivity contribution in [3.05, 3.63) is 0 Å². The first-order valence-electron chi connectivity index (χ1n) is 5.73. The molecular formula is C9H11F2O6S2-. The molecule has 0 aromatic heterocycles. The van der Waals surface area contributed by atoms with Crippen LogP contribution in [0.1, 0.15) is 12.8 Å². The molecule has 3 aliphatic rings. The second-order valence-corrected chi connectivity index (χ2v) is 7.99. The molecule has 110 valence electrons. The van der Waals surface area contributed by atoms with Crippen LogP contribution in [0.3, 0.4) is 0 Å². The molecule has 0 N–H and O–H groups in total. The fraction of sp³-hybridized carbons (Fsp3) is 1.00. The second-order valence-electron chi connectivity index (χ2n) is 5.14. The van der Waals surface area contributed by atoms with Gasteiger partial charge in [-0.3, -0.25) is 8.39 Å². The quantitative estimate of drug-likeness (QED) is 0.534. The van der Waals surface area contributed by atoms with Crippen LogP contribution < -0.4 is 0 Å². The molecule has 0 radical (unpaired) electrons. The standard InChI is InChI=1S/C9H12F2O6S2/c10-9(11,18(12)13)3-16-7-4-1-5-6(2-4)19(14,15)17-8(5)7/h4-8H,1-3H2,(H,12,13)/p-1. The lowest BCUT2D eigenvalue weighted by Crippen LogP contribution is -2.39. The van der Waals surface area contributed by atoms with Crippen LogP contribution in [0.15, 0.2) is 0 Å². The molecule has 10 heteroatoms. The average molecular weight is 317 g/mol. The summed E-state index contributed by atoms with van der Waals surface area (Å²) < 4.78 is 79.5. The van der Waals surface area contributed by atoms with Crippen LogP contribution in [0.25, 0.3) is 0 Å². The molecule has 2 saturated carbocycles. The van der Waals surface area contributed by atoms with Gasteiger partial charge in [0, 0.05) is 17.0 Å². The van der Waals surface area contributed by atoms with E-state index in [-0.39, 0.29) is 11.8 Å². The number of hydrogen-bond donors (Lipinski definition) is 0. The van der Waals surface area contributed by atoms with Gasteiger partial charge in [-0.05, 0) is 18.8 Å². The summed E-state index contributed by atoms with van der Waals surface area (Å²) in [6.45, 7) is -1.28. The Kier molecular flexibility index (Phi) is 3.03. The number of fused-ring (bicyclic) bond motifs is 1. The van der Waals surface area contributed by atoms with E-state index < -0.39 is 50.5 Å². The van der Waals surface area contributed by atoms with Gasteiger partial charge in [-0.1, -0.05) is 0 Å². The Balaban J connectivity index is 1.71. The molecule has 6 unspecified atom stereocenters. The van der Waals surface area contributed by atoms with Gasteiger partial charge in [-0.15, -0.1) is 0 Å². The molecule has 6 atom stereocenters. The number of ether oxygens (including phenoxy) is 1. The minimum atomic E-state index is -3.97. The van der Waals surface area contributed by atoms with Gasteiger partial charge in [0.25, 0.3) is 10.1 Å². The van der Waals surface area contributed by atoms with Gasteiger partial charge in [-0.2, -0.15) is 17.2 Å². The lowest BCUT2D eigenvalue weighted by Gasteiger charge is -2.27. The Morgan fingerprint density at radius 1 is 1.42 bits per heavy atom. The van der Waals surface area contributed by atoms with E-state index in [9.17, 15) is 26.0 Å². The second kappa shape index (κ2) is 4.17. The zero-order valence-electron chi connectivity index (χ0n) is 9.53. The van der Waals surface area contributed by atoms with Gasteiger partial charge in [0.2, 0.25) is 0 Å². The van der Waals surface area contributed by atoms with Crippen LogP contribution in [0, 0.1) is 11.8 Å². The Morgan fingerprint density at radius 2 is 2.11 bits per heavy atom. The van der Waals surface area contributed by atoms with E-state index >= 15 is 0 Å². The maximum Gasteiger partial charge on any atom is 0.331 e. The highest BCUT2D eigenvalue weighted by atomic mass is 32.2. The van der Waals surface area contributed by atoms with Crippen molar-refractivity contribution in [1.82, 2.24) is 0 Å². The summed E-state index contributed by atoms with van der Waals surface area (Å²) in [5.74, 6) is -0.375. The van der Waals surface area contributed by atoms with Crippen LogP contribution in [0.4, 0.5) is 8.78 Å². The largest absolute Gasteiger partial charge is 0.768 e. The van der Waals surface area contributed by atoms with Crippen molar-refractivity contribution in [2.45, 2.75) is 35.6 Å². The third kappa shape index (κ3) is 2.04. The Morgan fingerprint density at radius 3 is 2.74 bits per heavy atom. The summed E-state index contributed by atoms with van der Waals surface area (Å²) in [7, 11) is -3.62. The van der Waals surface area contributed by atoms with Crippen molar-refractivity contribution in [2.75, 3.05) is 6.61 Å². The molecule has 0 aromatic rings. The van der Waals surface area contributed by atoms with Crippen molar-refractivity contribution >= 4 is 21.2 Å². The van der Waals surface area contributed by atoms with Crippen LogP contribution in [0.5, 0.6) is 0 Å². The predicted octanol–water partition coefficient (Wildman–Crippen LogP) is -0.0195. The zero-order chi connectivity index (χ0) is 14.0. The molecule has 19 heavy (non-hydrogen) atoms. The van der Waals surface area contributed by atoms with E-state index in [1.165, 1.54) is 0 Å². The van der Waals surface area contributed by atoms with Gasteiger partial charge in [0.1, 0.15) is 12.7 Å². The maximum atomic E-state index is 12.9.